The molecule has 9 heteroatoms. The second kappa shape index (κ2) is 10.4. The van der Waals surface area contributed by atoms with E-state index in [2.05, 4.69) is 16.3 Å². The molecule has 0 bridgehead atoms. The van der Waals surface area contributed by atoms with Gasteiger partial charge in [0.25, 0.3) is 11.8 Å². The van der Waals surface area contributed by atoms with Gasteiger partial charge in [0.1, 0.15) is 11.3 Å². The average molecular weight is 535 g/mol. The third-order valence-corrected chi connectivity index (χ3v) is 8.51. The van der Waals surface area contributed by atoms with E-state index in [1.54, 1.807) is 24.0 Å². The number of hydrogen-bond donors (Lipinski definition) is 1. The van der Waals surface area contributed by atoms with Crippen molar-refractivity contribution in [1.82, 2.24) is 15.1 Å². The van der Waals surface area contributed by atoms with E-state index in [0.29, 0.717) is 29.4 Å². The van der Waals surface area contributed by atoms with Crippen molar-refractivity contribution < 1.29 is 19.1 Å². The van der Waals surface area contributed by atoms with Crippen LogP contribution < -0.4 is 10.1 Å². The molecule has 0 radical (unpaired) electrons. The maximum Gasteiger partial charge on any atom is 0.255 e. The number of hydrogen-bond acceptors (Lipinski definition) is 6. The Hall–Kier alpha value is -3.41. The van der Waals surface area contributed by atoms with Gasteiger partial charge in [-0.3, -0.25) is 19.7 Å². The molecule has 1 N–H and O–H groups in total. The maximum atomic E-state index is 13.2. The van der Waals surface area contributed by atoms with Gasteiger partial charge in [-0.25, -0.2) is 0 Å². The van der Waals surface area contributed by atoms with Gasteiger partial charge in [0.15, 0.2) is 0 Å². The zero-order valence-corrected chi connectivity index (χ0v) is 22.2. The van der Waals surface area contributed by atoms with Crippen molar-refractivity contribution in [1.29, 1.82) is 5.26 Å². The van der Waals surface area contributed by atoms with Crippen molar-refractivity contribution in [3.8, 4) is 11.8 Å². The highest BCUT2D eigenvalue weighted by Gasteiger charge is 2.49. The van der Waals surface area contributed by atoms with Gasteiger partial charge in [0.05, 0.1) is 24.6 Å². The zero-order valence-electron chi connectivity index (χ0n) is 21.5. The minimum absolute atomic E-state index is 0.205. The lowest BCUT2D eigenvalue weighted by atomic mass is 9.74. The molecule has 0 saturated carbocycles. The molecular formula is C29H31ClN4O4. The molecule has 5 rings (SSSR count). The standard InChI is InChI=1S/C29H31ClN4O4/c1-28(10-9-25(35)32-27(28)37)34-18-23-22(26(34)36)7-3-8-24(23)38-16-4-13-33-14-11-29(19-31,12-15-33)20-5-2-6-21(30)17-20/h2-3,5-8,17H,4,9-16,18H2,1H3,(H,32,35,37)/t28-/m0/s1. The molecule has 3 aliphatic heterocycles. The number of halogens is 1. The fourth-order valence-electron chi connectivity index (χ4n) is 5.77. The maximum absolute atomic E-state index is 13.2. The molecule has 2 aromatic rings. The quantitative estimate of drug-likeness (QED) is 0.428. The van der Waals surface area contributed by atoms with E-state index in [0.717, 1.165) is 50.0 Å². The molecule has 2 aromatic carbocycles. The number of nitrogens with zero attached hydrogens (tertiary/aromatic N) is 3. The lowest BCUT2D eigenvalue weighted by Crippen LogP contribution is -2.61. The second-order valence-corrected chi connectivity index (χ2v) is 11.0. The third-order valence-electron chi connectivity index (χ3n) is 8.28. The van der Waals surface area contributed by atoms with Gasteiger partial charge >= 0.3 is 0 Å². The molecule has 3 amide bonds. The molecule has 3 heterocycles. The summed E-state index contributed by atoms with van der Waals surface area (Å²) in [7, 11) is 0. The Morgan fingerprint density at radius 2 is 1.87 bits per heavy atom. The van der Waals surface area contributed by atoms with Gasteiger partial charge in [0, 0.05) is 29.1 Å². The van der Waals surface area contributed by atoms with Crippen molar-refractivity contribution in [2.45, 2.75) is 56.5 Å². The summed E-state index contributed by atoms with van der Waals surface area (Å²) in [6.07, 6.45) is 2.82. The number of nitriles is 1. The van der Waals surface area contributed by atoms with Crippen LogP contribution in [0.25, 0.3) is 0 Å². The molecule has 2 saturated heterocycles. The largest absolute Gasteiger partial charge is 0.493 e. The van der Waals surface area contributed by atoms with Gasteiger partial charge in [-0.1, -0.05) is 29.8 Å². The lowest BCUT2D eigenvalue weighted by molar-refractivity contribution is -0.142. The summed E-state index contributed by atoms with van der Waals surface area (Å²) in [5.74, 6) is -0.310. The van der Waals surface area contributed by atoms with E-state index in [9.17, 15) is 19.6 Å². The minimum atomic E-state index is -1.07. The normalized spacial score (nSPS) is 23.1. The Balaban J connectivity index is 1.15. The van der Waals surface area contributed by atoms with Crippen LogP contribution in [0, 0.1) is 11.3 Å². The molecular weight excluding hydrogens is 504 g/mol. The van der Waals surface area contributed by atoms with Crippen LogP contribution in [0.4, 0.5) is 0 Å². The van der Waals surface area contributed by atoms with Gasteiger partial charge in [-0.2, -0.15) is 5.26 Å². The van der Waals surface area contributed by atoms with Crippen molar-refractivity contribution in [3.05, 3.63) is 64.2 Å². The molecule has 0 aliphatic carbocycles. The highest BCUT2D eigenvalue weighted by molar-refractivity contribution is 6.30. The first-order valence-electron chi connectivity index (χ1n) is 13.1. The topological polar surface area (TPSA) is 103 Å². The number of rotatable bonds is 7. The predicted octanol–water partition coefficient (Wildman–Crippen LogP) is 3.82. The monoisotopic (exact) mass is 534 g/mol. The number of carbonyl (C=O) groups is 3. The van der Waals surface area contributed by atoms with E-state index in [-0.39, 0.29) is 24.8 Å². The Kier molecular flexibility index (Phi) is 7.17. The van der Waals surface area contributed by atoms with Gasteiger partial charge in [0.2, 0.25) is 5.91 Å². The summed E-state index contributed by atoms with van der Waals surface area (Å²) < 4.78 is 6.12. The molecule has 0 unspecified atom stereocenters. The van der Waals surface area contributed by atoms with Crippen LogP contribution in [-0.2, 0) is 21.5 Å². The van der Waals surface area contributed by atoms with Crippen LogP contribution in [0.1, 0.15) is 60.5 Å². The Morgan fingerprint density at radius 3 is 2.58 bits per heavy atom. The summed E-state index contributed by atoms with van der Waals surface area (Å²) in [5, 5.41) is 13.0. The van der Waals surface area contributed by atoms with E-state index in [4.69, 9.17) is 16.3 Å². The van der Waals surface area contributed by atoms with Crippen LogP contribution in [0.5, 0.6) is 5.75 Å². The minimum Gasteiger partial charge on any atom is -0.493 e. The van der Waals surface area contributed by atoms with Crippen molar-refractivity contribution in [2.75, 3.05) is 26.2 Å². The number of fused-ring (bicyclic) bond motifs is 1. The van der Waals surface area contributed by atoms with E-state index >= 15 is 0 Å². The molecule has 1 atom stereocenters. The SMILES string of the molecule is C[C@]1(N2Cc3c(OCCCN4CCC(C#N)(c5cccc(Cl)c5)CC4)cccc3C2=O)CCC(=O)NC1=O. The summed E-state index contributed by atoms with van der Waals surface area (Å²) in [5.41, 5.74) is 0.738. The number of piperidine rings is 2. The van der Waals surface area contributed by atoms with Gasteiger partial charge in [-0.05, 0) is 75.5 Å². The molecule has 38 heavy (non-hydrogen) atoms. The summed E-state index contributed by atoms with van der Waals surface area (Å²) in [6.45, 7) is 4.98. The number of nitrogens with one attached hydrogen (secondary N) is 1. The number of ether oxygens (including phenoxy) is 1. The van der Waals surface area contributed by atoms with Crippen LogP contribution >= 0.6 is 11.6 Å². The molecule has 0 spiro atoms. The summed E-state index contributed by atoms with van der Waals surface area (Å²) >= 11 is 6.17. The van der Waals surface area contributed by atoms with Crippen LogP contribution in [0.3, 0.4) is 0 Å². The molecule has 3 aliphatic rings. The molecule has 198 valence electrons. The van der Waals surface area contributed by atoms with Crippen LogP contribution in [-0.4, -0.2) is 59.3 Å². The molecule has 8 nitrogen and oxygen atoms in total. The zero-order chi connectivity index (χ0) is 26.9. The summed E-state index contributed by atoms with van der Waals surface area (Å²) in [6, 6.07) is 15.6. The van der Waals surface area contributed by atoms with Gasteiger partial charge in [-0.15, -0.1) is 0 Å². The highest BCUT2D eigenvalue weighted by atomic mass is 35.5. The molecule has 2 fully saturated rings. The first-order chi connectivity index (χ1) is 18.3. The van der Waals surface area contributed by atoms with E-state index in [1.165, 1.54) is 0 Å². The number of likely N-dealkylation sites (tertiary alicyclic amines) is 1. The third kappa shape index (κ3) is 4.77. The van der Waals surface area contributed by atoms with E-state index < -0.39 is 16.9 Å². The second-order valence-electron chi connectivity index (χ2n) is 10.6. The average Bonchev–Trinajstić information content (AvgIpc) is 3.27. The first-order valence-corrected chi connectivity index (χ1v) is 13.4. The lowest BCUT2D eigenvalue weighted by Gasteiger charge is -2.39. The Labute approximate surface area is 227 Å². The number of carbonyl (C=O) groups excluding carboxylic acids is 3. The van der Waals surface area contributed by atoms with Crippen LogP contribution in [0.2, 0.25) is 5.02 Å². The Morgan fingerprint density at radius 1 is 1.11 bits per heavy atom. The fraction of sp³-hybridized carbons (Fsp3) is 0.448. The van der Waals surface area contributed by atoms with Crippen molar-refractivity contribution >= 4 is 29.3 Å². The number of amides is 3. The number of imide groups is 1. The van der Waals surface area contributed by atoms with Gasteiger partial charge < -0.3 is 14.5 Å². The highest BCUT2D eigenvalue weighted by Crippen LogP contribution is 2.38. The van der Waals surface area contributed by atoms with E-state index in [1.807, 2.05) is 30.3 Å². The molecule has 0 aromatic heterocycles. The Bertz CT molecular complexity index is 1310. The predicted molar refractivity (Wildman–Crippen MR) is 142 cm³/mol. The van der Waals surface area contributed by atoms with Crippen molar-refractivity contribution in [2.24, 2.45) is 0 Å². The number of benzene rings is 2. The van der Waals surface area contributed by atoms with Crippen LogP contribution in [0.15, 0.2) is 42.5 Å². The first kappa shape index (κ1) is 26.2. The summed E-state index contributed by atoms with van der Waals surface area (Å²) in [4.78, 5) is 41.4. The smallest absolute Gasteiger partial charge is 0.255 e. The van der Waals surface area contributed by atoms with Crippen molar-refractivity contribution in [3.63, 3.8) is 0 Å². The fourth-order valence-corrected chi connectivity index (χ4v) is 5.96.